The number of nitro benzene ring substituents is 1. The predicted octanol–water partition coefficient (Wildman–Crippen LogP) is 3.82. The number of rotatable bonds is 8. The lowest BCUT2D eigenvalue weighted by Crippen LogP contribution is -2.26. The lowest BCUT2D eigenvalue weighted by atomic mass is 10.1. The van der Waals surface area contributed by atoms with Crippen molar-refractivity contribution >= 4 is 27.3 Å². The summed E-state index contributed by atoms with van der Waals surface area (Å²) in [6.07, 6.45) is 0. The van der Waals surface area contributed by atoms with Crippen LogP contribution in [0.3, 0.4) is 0 Å². The fraction of sp³-hybridized carbons (Fsp3) is 0.136. The highest BCUT2D eigenvalue weighted by Gasteiger charge is 2.20. The zero-order valence-corrected chi connectivity index (χ0v) is 18.5. The summed E-state index contributed by atoms with van der Waals surface area (Å²) in [5.41, 5.74) is 0.595. The first-order chi connectivity index (χ1) is 15.6. The van der Waals surface area contributed by atoms with Crippen LogP contribution in [0.15, 0.2) is 71.6 Å². The second kappa shape index (κ2) is 9.65. The molecule has 3 aromatic rings. The smallest absolute Gasteiger partial charge is 0.271 e. The minimum absolute atomic E-state index is 0.0918. The molecule has 0 saturated heterocycles. The van der Waals surface area contributed by atoms with Crippen LogP contribution in [0, 0.1) is 15.9 Å². The summed E-state index contributed by atoms with van der Waals surface area (Å²) >= 11 is 0. The molecular weight excluding hydrogens is 453 g/mol. The zero-order valence-electron chi connectivity index (χ0n) is 17.7. The van der Waals surface area contributed by atoms with Gasteiger partial charge in [-0.1, -0.05) is 12.1 Å². The Bertz CT molecular complexity index is 1280. The second-order valence-corrected chi connectivity index (χ2v) is 8.74. The molecule has 0 atom stereocenters. The predicted molar refractivity (Wildman–Crippen MR) is 119 cm³/mol. The molecule has 0 fully saturated rings. The van der Waals surface area contributed by atoms with E-state index in [0.29, 0.717) is 0 Å². The number of ether oxygens (including phenoxy) is 1. The Labute approximate surface area is 189 Å². The van der Waals surface area contributed by atoms with Crippen LogP contribution in [0.2, 0.25) is 0 Å². The summed E-state index contributed by atoms with van der Waals surface area (Å²) < 4.78 is 45.9. The summed E-state index contributed by atoms with van der Waals surface area (Å²) in [5.74, 6) is -0.615. The van der Waals surface area contributed by atoms with Gasteiger partial charge >= 0.3 is 0 Å². The maximum absolute atomic E-state index is 13.0. The van der Waals surface area contributed by atoms with E-state index in [2.05, 4.69) is 4.72 Å². The first-order valence-corrected chi connectivity index (χ1v) is 11.0. The number of hydrogen-bond donors (Lipinski definition) is 1. The molecule has 3 aromatic carbocycles. The van der Waals surface area contributed by atoms with E-state index < -0.39 is 14.9 Å². The van der Waals surface area contributed by atoms with Crippen molar-refractivity contribution in [2.45, 2.75) is 11.4 Å². The summed E-state index contributed by atoms with van der Waals surface area (Å²) in [6.45, 7) is 0.243. The average Bonchev–Trinajstić information content (AvgIpc) is 2.79. The van der Waals surface area contributed by atoms with Gasteiger partial charge in [0, 0.05) is 31.3 Å². The molecule has 9 nitrogen and oxygen atoms in total. The first kappa shape index (κ1) is 23.7. The Morgan fingerprint density at radius 1 is 1.09 bits per heavy atom. The first-order valence-electron chi connectivity index (χ1n) is 9.56. The summed E-state index contributed by atoms with van der Waals surface area (Å²) in [6, 6.07) is 14.5. The van der Waals surface area contributed by atoms with Crippen molar-refractivity contribution in [1.82, 2.24) is 4.90 Å². The zero-order chi connectivity index (χ0) is 24.2. The molecule has 0 bridgehead atoms. The van der Waals surface area contributed by atoms with E-state index in [4.69, 9.17) is 4.74 Å². The molecule has 0 aliphatic carbocycles. The van der Waals surface area contributed by atoms with Crippen molar-refractivity contribution in [3.8, 4) is 5.75 Å². The molecule has 1 N–H and O–H groups in total. The number of carbonyl (C=O) groups excluding carboxylic acids is 1. The maximum Gasteiger partial charge on any atom is 0.271 e. The number of methoxy groups -OCH3 is 1. The van der Waals surface area contributed by atoms with E-state index in [-0.39, 0.29) is 45.9 Å². The third kappa shape index (κ3) is 5.63. The number of carbonyl (C=O) groups is 1. The van der Waals surface area contributed by atoms with Gasteiger partial charge in [-0.15, -0.1) is 0 Å². The van der Waals surface area contributed by atoms with Gasteiger partial charge in [-0.05, 0) is 48.0 Å². The summed E-state index contributed by atoms with van der Waals surface area (Å²) in [4.78, 5) is 24.3. The lowest BCUT2D eigenvalue weighted by Gasteiger charge is -2.18. The van der Waals surface area contributed by atoms with Crippen LogP contribution in [0.25, 0.3) is 0 Å². The minimum atomic E-state index is -4.12. The van der Waals surface area contributed by atoms with Gasteiger partial charge in [-0.2, -0.15) is 0 Å². The number of amides is 1. The molecule has 33 heavy (non-hydrogen) atoms. The minimum Gasteiger partial charge on any atom is -0.495 e. The molecule has 0 aromatic heterocycles. The molecule has 0 radical (unpaired) electrons. The third-order valence-corrected chi connectivity index (χ3v) is 6.11. The van der Waals surface area contributed by atoms with Crippen LogP contribution < -0.4 is 9.46 Å². The highest BCUT2D eigenvalue weighted by Crippen LogP contribution is 2.31. The number of nitro groups is 1. The summed E-state index contributed by atoms with van der Waals surface area (Å²) in [7, 11) is -1.23. The van der Waals surface area contributed by atoms with Crippen LogP contribution in [0.5, 0.6) is 5.75 Å². The Morgan fingerprint density at radius 2 is 1.73 bits per heavy atom. The quantitative estimate of drug-likeness (QED) is 0.392. The van der Waals surface area contributed by atoms with Crippen molar-refractivity contribution in [3.05, 3.63) is 93.8 Å². The number of hydrogen-bond acceptors (Lipinski definition) is 6. The fourth-order valence-corrected chi connectivity index (χ4v) is 4.09. The molecule has 172 valence electrons. The van der Waals surface area contributed by atoms with Gasteiger partial charge < -0.3 is 9.64 Å². The van der Waals surface area contributed by atoms with Gasteiger partial charge in [-0.25, -0.2) is 12.8 Å². The van der Waals surface area contributed by atoms with E-state index in [0.717, 1.165) is 11.6 Å². The topological polar surface area (TPSA) is 119 Å². The van der Waals surface area contributed by atoms with Crippen LogP contribution in [-0.2, 0) is 16.6 Å². The molecule has 0 saturated carbocycles. The number of non-ortho nitro benzene ring substituents is 1. The normalized spacial score (nSPS) is 11.0. The molecule has 0 unspecified atom stereocenters. The maximum atomic E-state index is 13.0. The van der Waals surface area contributed by atoms with Crippen molar-refractivity contribution < 1.29 is 27.3 Å². The van der Waals surface area contributed by atoms with Gasteiger partial charge in [0.25, 0.3) is 21.6 Å². The van der Waals surface area contributed by atoms with Crippen molar-refractivity contribution in [1.29, 1.82) is 0 Å². The van der Waals surface area contributed by atoms with Gasteiger partial charge in [0.2, 0.25) is 0 Å². The lowest BCUT2D eigenvalue weighted by molar-refractivity contribution is -0.384. The SMILES string of the molecule is COc1ccc([N+](=O)[O-])cc1NS(=O)(=O)c1ccc(C(=O)N(C)Cc2ccc(F)cc2)cc1. The number of halogens is 1. The van der Waals surface area contributed by atoms with E-state index in [1.165, 1.54) is 60.5 Å². The highest BCUT2D eigenvalue weighted by atomic mass is 32.2. The van der Waals surface area contributed by atoms with E-state index in [1.807, 2.05) is 0 Å². The standard InChI is InChI=1S/C22H20FN3O6S/c1-25(14-15-3-7-17(23)8-4-15)22(27)16-5-10-19(11-6-16)33(30,31)24-20-13-18(26(28)29)9-12-21(20)32-2/h3-13,24H,14H2,1-2H3. The van der Waals surface area contributed by atoms with E-state index in [9.17, 15) is 27.7 Å². The molecule has 3 rings (SSSR count). The molecule has 0 spiro atoms. The molecule has 1 amide bonds. The van der Waals surface area contributed by atoms with E-state index >= 15 is 0 Å². The Balaban J connectivity index is 1.77. The van der Waals surface area contributed by atoms with Crippen molar-refractivity contribution in [3.63, 3.8) is 0 Å². The number of nitrogens with zero attached hydrogens (tertiary/aromatic N) is 2. The van der Waals surface area contributed by atoms with Gasteiger partial charge in [0.05, 0.1) is 22.6 Å². The summed E-state index contributed by atoms with van der Waals surface area (Å²) in [5, 5.41) is 11.0. The Kier molecular flexibility index (Phi) is 6.92. The van der Waals surface area contributed by atoms with Crippen LogP contribution in [0.1, 0.15) is 15.9 Å². The van der Waals surface area contributed by atoms with E-state index in [1.54, 1.807) is 19.2 Å². The third-order valence-electron chi connectivity index (χ3n) is 4.73. The van der Waals surface area contributed by atoms with Crippen LogP contribution >= 0.6 is 0 Å². The largest absolute Gasteiger partial charge is 0.495 e. The Morgan fingerprint density at radius 3 is 2.30 bits per heavy atom. The second-order valence-electron chi connectivity index (χ2n) is 7.06. The van der Waals surface area contributed by atoms with Gasteiger partial charge in [0.15, 0.2) is 0 Å². The average molecular weight is 473 g/mol. The molecule has 11 heteroatoms. The number of benzene rings is 3. The number of nitrogens with one attached hydrogen (secondary N) is 1. The van der Waals surface area contributed by atoms with Crippen molar-refractivity contribution in [2.24, 2.45) is 0 Å². The fourth-order valence-electron chi connectivity index (χ4n) is 3.03. The van der Waals surface area contributed by atoms with Crippen molar-refractivity contribution in [2.75, 3.05) is 18.9 Å². The van der Waals surface area contributed by atoms with Gasteiger partial charge in [0.1, 0.15) is 11.6 Å². The molecule has 0 aliphatic rings. The number of sulfonamides is 1. The molecular formula is C22H20FN3O6S. The highest BCUT2D eigenvalue weighted by molar-refractivity contribution is 7.92. The van der Waals surface area contributed by atoms with Crippen LogP contribution in [-0.4, -0.2) is 38.3 Å². The Hall–Kier alpha value is -3.99. The molecule has 0 aliphatic heterocycles. The molecule has 0 heterocycles. The van der Waals surface area contributed by atoms with Crippen LogP contribution in [0.4, 0.5) is 15.8 Å². The van der Waals surface area contributed by atoms with Gasteiger partial charge in [-0.3, -0.25) is 19.6 Å². The number of anilines is 1. The monoisotopic (exact) mass is 473 g/mol.